The van der Waals surface area contributed by atoms with Crippen molar-refractivity contribution in [2.24, 2.45) is 5.92 Å². The second kappa shape index (κ2) is 8.24. The summed E-state index contributed by atoms with van der Waals surface area (Å²) >= 11 is 0. The number of aromatic nitrogens is 1. The van der Waals surface area contributed by atoms with Crippen molar-refractivity contribution >= 4 is 10.0 Å². The molecular weight excluding hydrogens is 381 g/mol. The third kappa shape index (κ3) is 4.10. The lowest BCUT2D eigenvalue weighted by Gasteiger charge is -2.41. The van der Waals surface area contributed by atoms with Crippen molar-refractivity contribution in [2.75, 3.05) is 32.8 Å². The second-order valence-corrected chi connectivity index (χ2v) is 9.28. The van der Waals surface area contributed by atoms with Gasteiger partial charge in [0.15, 0.2) is 0 Å². The van der Waals surface area contributed by atoms with E-state index in [1.807, 2.05) is 12.3 Å². The highest BCUT2D eigenvalue weighted by molar-refractivity contribution is 7.89. The molecule has 0 spiro atoms. The Labute approximate surface area is 165 Å². The molecule has 2 saturated heterocycles. The molecule has 3 heterocycles. The molecule has 8 heteroatoms. The molecule has 0 unspecified atom stereocenters. The summed E-state index contributed by atoms with van der Waals surface area (Å²) < 4.78 is 46.4. The number of fused-ring (bicyclic) bond motifs is 1. The predicted octanol–water partition coefficient (Wildman–Crippen LogP) is 2.13. The Morgan fingerprint density at radius 1 is 1.18 bits per heavy atom. The number of hydrogen-bond acceptors (Lipinski definition) is 5. The van der Waals surface area contributed by atoms with E-state index in [1.165, 1.54) is 28.6 Å². The summed E-state index contributed by atoms with van der Waals surface area (Å²) in [5.41, 5.74) is 1.14. The van der Waals surface area contributed by atoms with Crippen LogP contribution < -0.4 is 0 Å². The van der Waals surface area contributed by atoms with Gasteiger partial charge in [0.2, 0.25) is 10.0 Å². The molecule has 4 rings (SSSR count). The Morgan fingerprint density at radius 3 is 2.75 bits per heavy atom. The van der Waals surface area contributed by atoms with E-state index in [4.69, 9.17) is 4.74 Å². The lowest BCUT2D eigenvalue weighted by Crippen LogP contribution is -2.52. The average Bonchev–Trinajstić information content (AvgIpc) is 2.91. The molecule has 0 saturated carbocycles. The largest absolute Gasteiger partial charge is 0.380 e. The maximum atomic E-state index is 13.2. The van der Waals surface area contributed by atoms with E-state index in [2.05, 4.69) is 16.0 Å². The number of pyridine rings is 1. The molecule has 2 aliphatic rings. The maximum Gasteiger partial charge on any atom is 0.243 e. The summed E-state index contributed by atoms with van der Waals surface area (Å²) in [5.74, 6) is -0.344. The Balaban J connectivity index is 1.50. The van der Waals surface area contributed by atoms with Crippen LogP contribution in [0, 0.1) is 11.7 Å². The van der Waals surface area contributed by atoms with Gasteiger partial charge in [0, 0.05) is 50.5 Å². The molecular formula is C20H24FN3O3S. The minimum atomic E-state index is -3.64. The topological polar surface area (TPSA) is 62.7 Å². The number of piperidine rings is 1. The van der Waals surface area contributed by atoms with E-state index < -0.39 is 15.8 Å². The highest BCUT2D eigenvalue weighted by Gasteiger charge is 2.39. The molecule has 2 aromatic rings. The molecule has 150 valence electrons. The minimum absolute atomic E-state index is 0.100. The van der Waals surface area contributed by atoms with E-state index in [0.29, 0.717) is 26.3 Å². The van der Waals surface area contributed by atoms with Crippen LogP contribution >= 0.6 is 0 Å². The summed E-state index contributed by atoms with van der Waals surface area (Å²) in [6.45, 7) is 3.64. The lowest BCUT2D eigenvalue weighted by molar-refractivity contribution is 0.0762. The van der Waals surface area contributed by atoms with Crippen molar-refractivity contribution in [1.82, 2.24) is 14.2 Å². The second-order valence-electron chi connectivity index (χ2n) is 7.34. The number of benzene rings is 1. The first kappa shape index (κ1) is 19.4. The SMILES string of the molecule is O=S(=O)(c1ccc(F)cc1)N1CC[C@@H]2[C@@H](COCCN2Cc2cccnc2)C1. The first-order valence-corrected chi connectivity index (χ1v) is 10.9. The van der Waals surface area contributed by atoms with Gasteiger partial charge in [-0.3, -0.25) is 9.88 Å². The van der Waals surface area contributed by atoms with Crippen LogP contribution in [0.5, 0.6) is 0 Å². The molecule has 1 aromatic carbocycles. The monoisotopic (exact) mass is 405 g/mol. The van der Waals surface area contributed by atoms with Crippen molar-refractivity contribution in [3.8, 4) is 0 Å². The molecule has 0 bridgehead atoms. The summed E-state index contributed by atoms with van der Waals surface area (Å²) in [5, 5.41) is 0. The molecule has 6 nitrogen and oxygen atoms in total. The number of sulfonamides is 1. The molecule has 28 heavy (non-hydrogen) atoms. The van der Waals surface area contributed by atoms with Crippen molar-refractivity contribution in [2.45, 2.75) is 23.9 Å². The molecule has 0 N–H and O–H groups in total. The smallest absolute Gasteiger partial charge is 0.243 e. The molecule has 0 amide bonds. The Hall–Kier alpha value is -1.87. The van der Waals surface area contributed by atoms with Gasteiger partial charge in [-0.05, 0) is 42.3 Å². The van der Waals surface area contributed by atoms with Gasteiger partial charge in [-0.25, -0.2) is 12.8 Å². The Kier molecular flexibility index (Phi) is 5.73. The van der Waals surface area contributed by atoms with Crippen LogP contribution in [0.15, 0.2) is 53.7 Å². The quantitative estimate of drug-likeness (QED) is 0.780. The third-order valence-corrected chi connectivity index (χ3v) is 7.42. The number of ether oxygens (including phenoxy) is 1. The Morgan fingerprint density at radius 2 is 2.00 bits per heavy atom. The van der Waals surface area contributed by atoms with Crippen molar-refractivity contribution in [3.05, 3.63) is 60.2 Å². The zero-order valence-electron chi connectivity index (χ0n) is 15.6. The van der Waals surface area contributed by atoms with E-state index in [9.17, 15) is 12.8 Å². The van der Waals surface area contributed by atoms with E-state index in [-0.39, 0.29) is 16.9 Å². The van der Waals surface area contributed by atoms with Crippen LogP contribution in [-0.2, 0) is 21.3 Å². The van der Waals surface area contributed by atoms with Gasteiger partial charge in [0.05, 0.1) is 18.1 Å². The molecule has 0 aliphatic carbocycles. The van der Waals surface area contributed by atoms with Gasteiger partial charge >= 0.3 is 0 Å². The summed E-state index contributed by atoms with van der Waals surface area (Å²) in [6.07, 6.45) is 4.38. The first-order valence-electron chi connectivity index (χ1n) is 9.50. The molecule has 2 fully saturated rings. The maximum absolute atomic E-state index is 13.2. The molecule has 2 aliphatic heterocycles. The Bertz CT molecular complexity index is 893. The zero-order valence-corrected chi connectivity index (χ0v) is 16.4. The van der Waals surface area contributed by atoms with Gasteiger partial charge in [-0.15, -0.1) is 0 Å². The van der Waals surface area contributed by atoms with Gasteiger partial charge in [-0.2, -0.15) is 4.31 Å². The zero-order chi connectivity index (χ0) is 19.6. The number of rotatable bonds is 4. The summed E-state index contributed by atoms with van der Waals surface area (Å²) in [7, 11) is -3.64. The van der Waals surface area contributed by atoms with Crippen molar-refractivity contribution < 1.29 is 17.5 Å². The van der Waals surface area contributed by atoms with Crippen molar-refractivity contribution in [3.63, 3.8) is 0 Å². The summed E-state index contributed by atoms with van der Waals surface area (Å²) in [6, 6.07) is 9.28. The van der Waals surface area contributed by atoms with E-state index in [1.54, 1.807) is 6.20 Å². The van der Waals surface area contributed by atoms with E-state index in [0.717, 1.165) is 25.1 Å². The third-order valence-electron chi connectivity index (χ3n) is 5.54. The normalized spacial score (nSPS) is 24.5. The fraction of sp³-hybridized carbons (Fsp3) is 0.450. The number of hydrogen-bond donors (Lipinski definition) is 0. The van der Waals surface area contributed by atoms with Crippen molar-refractivity contribution in [1.29, 1.82) is 0 Å². The fourth-order valence-electron chi connectivity index (χ4n) is 4.11. The van der Waals surface area contributed by atoms with Gasteiger partial charge < -0.3 is 4.74 Å². The van der Waals surface area contributed by atoms with Gasteiger partial charge in [0.25, 0.3) is 0 Å². The van der Waals surface area contributed by atoms with Crippen LogP contribution in [0.4, 0.5) is 4.39 Å². The highest BCUT2D eigenvalue weighted by atomic mass is 32.2. The average molecular weight is 405 g/mol. The lowest BCUT2D eigenvalue weighted by atomic mass is 9.92. The first-order chi connectivity index (χ1) is 13.5. The predicted molar refractivity (Wildman–Crippen MR) is 103 cm³/mol. The fourth-order valence-corrected chi connectivity index (χ4v) is 5.62. The van der Waals surface area contributed by atoms with Crippen LogP contribution in [0.2, 0.25) is 0 Å². The van der Waals surface area contributed by atoms with E-state index >= 15 is 0 Å². The van der Waals surface area contributed by atoms with Crippen LogP contribution in [0.3, 0.4) is 0 Å². The van der Waals surface area contributed by atoms with Gasteiger partial charge in [0.1, 0.15) is 5.82 Å². The van der Waals surface area contributed by atoms with Crippen LogP contribution in [0.1, 0.15) is 12.0 Å². The summed E-state index contributed by atoms with van der Waals surface area (Å²) in [4.78, 5) is 6.71. The molecule has 1 aromatic heterocycles. The number of nitrogens with zero attached hydrogens (tertiary/aromatic N) is 3. The molecule has 2 atom stereocenters. The standard InChI is InChI=1S/C20H24FN3O3S/c21-18-3-5-19(6-4-18)28(25,26)24-9-7-20-17(14-24)15-27-11-10-23(20)13-16-2-1-8-22-12-16/h1-6,8,12,17,20H,7,9-11,13-15H2/t17-,20-/m1/s1. The highest BCUT2D eigenvalue weighted by Crippen LogP contribution is 2.29. The van der Waals surface area contributed by atoms with Gasteiger partial charge in [-0.1, -0.05) is 6.07 Å². The minimum Gasteiger partial charge on any atom is -0.380 e. The number of halogens is 1. The van der Waals surface area contributed by atoms with Crippen LogP contribution in [-0.4, -0.2) is 61.5 Å². The molecule has 0 radical (unpaired) electrons. The van der Waals surface area contributed by atoms with Crippen LogP contribution in [0.25, 0.3) is 0 Å².